The lowest BCUT2D eigenvalue weighted by Crippen LogP contribution is -2.48. The molecule has 0 atom stereocenters. The van der Waals surface area contributed by atoms with Crippen molar-refractivity contribution in [1.29, 1.82) is 0 Å². The van der Waals surface area contributed by atoms with Crippen molar-refractivity contribution in [3.05, 3.63) is 95.9 Å². The summed E-state index contributed by atoms with van der Waals surface area (Å²) in [5.74, 6) is 1.52. The van der Waals surface area contributed by atoms with E-state index >= 15 is 0 Å². The van der Waals surface area contributed by atoms with Gasteiger partial charge in [0.05, 0.1) is 5.52 Å². The Hall–Kier alpha value is -3.55. The monoisotopic (exact) mass is 456 g/mol. The average Bonchev–Trinajstić information content (AvgIpc) is 2.88. The highest BCUT2D eigenvalue weighted by atomic mass is 32.2. The van der Waals surface area contributed by atoms with Gasteiger partial charge in [0.2, 0.25) is 10.0 Å². The second-order valence-corrected chi connectivity index (χ2v) is 9.72. The number of anilines is 1. The molecule has 2 heterocycles. The molecule has 0 saturated carbocycles. The molecule has 0 amide bonds. The van der Waals surface area contributed by atoms with E-state index in [-0.39, 0.29) is 0 Å². The van der Waals surface area contributed by atoms with E-state index in [1.165, 1.54) is 9.71 Å². The number of hydrogen-bond donors (Lipinski definition) is 0. The number of hydrogen-bond acceptors (Lipinski definition) is 5. The van der Waals surface area contributed by atoms with Crippen LogP contribution in [0.1, 0.15) is 5.56 Å². The molecule has 1 aromatic heterocycles. The van der Waals surface area contributed by atoms with Gasteiger partial charge in [0.1, 0.15) is 5.82 Å². The minimum atomic E-state index is -3.49. The summed E-state index contributed by atoms with van der Waals surface area (Å²) in [4.78, 5) is 11.8. The zero-order valence-electron chi connectivity index (χ0n) is 18.1. The third kappa shape index (κ3) is 4.65. The molecule has 0 unspecified atom stereocenters. The zero-order valence-corrected chi connectivity index (χ0v) is 18.9. The Bertz CT molecular complexity index is 1380. The molecular formula is C26H24N4O2S. The van der Waals surface area contributed by atoms with Crippen LogP contribution in [0.5, 0.6) is 0 Å². The molecule has 5 rings (SSSR count). The molecule has 0 aliphatic carbocycles. The highest BCUT2D eigenvalue weighted by molar-refractivity contribution is 7.92. The first-order chi connectivity index (χ1) is 16.1. The molecule has 7 heteroatoms. The lowest BCUT2D eigenvalue weighted by molar-refractivity contribution is 0.389. The maximum Gasteiger partial charge on any atom is 0.236 e. The molecular weight excluding hydrogens is 432 g/mol. The second kappa shape index (κ2) is 9.13. The fourth-order valence-corrected chi connectivity index (χ4v) is 5.16. The van der Waals surface area contributed by atoms with Gasteiger partial charge in [-0.05, 0) is 23.8 Å². The van der Waals surface area contributed by atoms with Crippen molar-refractivity contribution in [3.8, 4) is 11.4 Å². The van der Waals surface area contributed by atoms with Crippen molar-refractivity contribution in [3.63, 3.8) is 0 Å². The second-order valence-electron chi connectivity index (χ2n) is 7.90. The third-order valence-corrected chi connectivity index (χ3v) is 7.31. The Balaban J connectivity index is 1.39. The van der Waals surface area contributed by atoms with Crippen molar-refractivity contribution in [1.82, 2.24) is 14.3 Å². The number of fused-ring (bicyclic) bond motifs is 1. The van der Waals surface area contributed by atoms with Crippen LogP contribution in [0.2, 0.25) is 0 Å². The Labute approximate surface area is 193 Å². The summed E-state index contributed by atoms with van der Waals surface area (Å²) in [6.07, 6.45) is 1.64. The minimum Gasteiger partial charge on any atom is -0.353 e. The van der Waals surface area contributed by atoms with E-state index in [1.807, 2.05) is 84.9 Å². The van der Waals surface area contributed by atoms with Crippen molar-refractivity contribution in [2.24, 2.45) is 0 Å². The maximum atomic E-state index is 12.8. The fraction of sp³-hybridized carbons (Fsp3) is 0.154. The average molecular weight is 457 g/mol. The topological polar surface area (TPSA) is 66.4 Å². The van der Waals surface area contributed by atoms with E-state index in [4.69, 9.17) is 9.97 Å². The summed E-state index contributed by atoms with van der Waals surface area (Å²) in [7, 11) is -3.49. The summed E-state index contributed by atoms with van der Waals surface area (Å²) in [6, 6.07) is 27.3. The highest BCUT2D eigenvalue weighted by Crippen LogP contribution is 2.28. The number of sulfonamides is 1. The predicted octanol–water partition coefficient (Wildman–Crippen LogP) is 4.42. The van der Waals surface area contributed by atoms with Crippen molar-refractivity contribution in [2.45, 2.75) is 0 Å². The third-order valence-electron chi connectivity index (χ3n) is 5.75. The van der Waals surface area contributed by atoms with Crippen LogP contribution in [-0.2, 0) is 10.0 Å². The van der Waals surface area contributed by atoms with E-state index in [1.54, 1.807) is 6.08 Å². The van der Waals surface area contributed by atoms with Crippen LogP contribution < -0.4 is 4.90 Å². The van der Waals surface area contributed by atoms with E-state index in [9.17, 15) is 8.42 Å². The summed E-state index contributed by atoms with van der Waals surface area (Å²) in [5.41, 5.74) is 2.69. The zero-order chi connectivity index (χ0) is 22.7. The molecule has 1 saturated heterocycles. The number of nitrogens with zero attached hydrogens (tertiary/aromatic N) is 4. The van der Waals surface area contributed by atoms with Crippen molar-refractivity contribution < 1.29 is 8.42 Å². The Kier molecular flexibility index (Phi) is 5.90. The smallest absolute Gasteiger partial charge is 0.236 e. The standard InChI is InChI=1S/C26H24N4O2S/c31-33(32,20-15-21-9-3-1-4-10-21)30-18-16-29(17-19-30)26-23-13-7-8-14-24(23)27-25(28-26)22-11-5-2-6-12-22/h1-15,20H,16-19H2/b20-15+. The minimum absolute atomic E-state index is 0.403. The molecule has 166 valence electrons. The molecule has 0 radical (unpaired) electrons. The summed E-state index contributed by atoms with van der Waals surface area (Å²) < 4.78 is 27.2. The highest BCUT2D eigenvalue weighted by Gasteiger charge is 2.27. The van der Waals surface area contributed by atoms with Crippen LogP contribution in [0.4, 0.5) is 5.82 Å². The number of aromatic nitrogens is 2. The number of benzene rings is 3. The van der Waals surface area contributed by atoms with E-state index in [0.717, 1.165) is 27.8 Å². The Morgan fingerprint density at radius 2 is 1.36 bits per heavy atom. The van der Waals surface area contributed by atoms with Gasteiger partial charge in [-0.3, -0.25) is 0 Å². The molecule has 6 nitrogen and oxygen atoms in total. The Morgan fingerprint density at radius 3 is 2.09 bits per heavy atom. The molecule has 0 bridgehead atoms. The molecule has 1 aliphatic heterocycles. The van der Waals surface area contributed by atoms with E-state index in [0.29, 0.717) is 32.0 Å². The van der Waals surface area contributed by atoms with Crippen LogP contribution in [0, 0.1) is 0 Å². The molecule has 3 aromatic carbocycles. The van der Waals surface area contributed by atoms with Crippen LogP contribution in [0.3, 0.4) is 0 Å². The lowest BCUT2D eigenvalue weighted by Gasteiger charge is -2.34. The van der Waals surface area contributed by atoms with Crippen LogP contribution >= 0.6 is 0 Å². The number of rotatable bonds is 5. The Morgan fingerprint density at radius 1 is 0.727 bits per heavy atom. The first-order valence-corrected chi connectivity index (χ1v) is 12.4. The number of para-hydroxylation sites is 1. The molecule has 0 spiro atoms. The van der Waals surface area contributed by atoms with Gasteiger partial charge in [-0.1, -0.05) is 72.8 Å². The van der Waals surface area contributed by atoms with E-state index < -0.39 is 10.0 Å². The first kappa shape index (κ1) is 21.3. The van der Waals surface area contributed by atoms with Gasteiger partial charge in [0.25, 0.3) is 0 Å². The van der Waals surface area contributed by atoms with Crippen molar-refractivity contribution in [2.75, 3.05) is 31.1 Å². The van der Waals surface area contributed by atoms with Gasteiger partial charge < -0.3 is 4.90 Å². The molecule has 1 aliphatic rings. The summed E-state index contributed by atoms with van der Waals surface area (Å²) in [6.45, 7) is 1.93. The van der Waals surface area contributed by atoms with Crippen LogP contribution in [0.25, 0.3) is 28.4 Å². The molecule has 1 fully saturated rings. The van der Waals surface area contributed by atoms with Crippen LogP contribution in [0.15, 0.2) is 90.3 Å². The maximum absolute atomic E-state index is 12.8. The normalized spacial score (nSPS) is 15.3. The summed E-state index contributed by atoms with van der Waals surface area (Å²) >= 11 is 0. The molecule has 33 heavy (non-hydrogen) atoms. The lowest BCUT2D eigenvalue weighted by atomic mass is 10.1. The van der Waals surface area contributed by atoms with Gasteiger partial charge in [-0.25, -0.2) is 18.4 Å². The first-order valence-electron chi connectivity index (χ1n) is 10.9. The number of piperazine rings is 1. The fourth-order valence-electron chi connectivity index (χ4n) is 3.99. The predicted molar refractivity (Wildman–Crippen MR) is 133 cm³/mol. The van der Waals surface area contributed by atoms with Gasteiger partial charge in [0.15, 0.2) is 5.82 Å². The SMILES string of the molecule is O=S(=O)(/C=C/c1ccccc1)N1CCN(c2nc(-c3ccccc3)nc3ccccc23)CC1. The molecule has 4 aromatic rings. The van der Waals surface area contributed by atoms with Crippen LogP contribution in [-0.4, -0.2) is 48.9 Å². The summed E-state index contributed by atoms with van der Waals surface area (Å²) in [5, 5.41) is 2.27. The molecule has 0 N–H and O–H groups in total. The van der Waals surface area contributed by atoms with Gasteiger partial charge >= 0.3 is 0 Å². The van der Waals surface area contributed by atoms with Crippen molar-refractivity contribution >= 4 is 32.8 Å². The largest absolute Gasteiger partial charge is 0.353 e. The van der Waals surface area contributed by atoms with Gasteiger partial charge in [-0.15, -0.1) is 0 Å². The quantitative estimate of drug-likeness (QED) is 0.445. The van der Waals surface area contributed by atoms with E-state index in [2.05, 4.69) is 4.90 Å². The van der Waals surface area contributed by atoms with Gasteiger partial charge in [-0.2, -0.15) is 4.31 Å². The van der Waals surface area contributed by atoms with Gasteiger partial charge in [0, 0.05) is 42.5 Å².